The van der Waals surface area contributed by atoms with Crippen LogP contribution in [0.1, 0.15) is 31.4 Å². The summed E-state index contributed by atoms with van der Waals surface area (Å²) >= 11 is 6.20. The number of benzene rings is 1. The summed E-state index contributed by atoms with van der Waals surface area (Å²) in [6, 6.07) is 7.72. The molecule has 0 aliphatic carbocycles. The second kappa shape index (κ2) is 6.40. The average Bonchev–Trinajstić information content (AvgIpc) is 2.46. The molecule has 0 radical (unpaired) electrons. The number of nitrogens with one attached hydrogen (secondary N) is 1. The smallest absolute Gasteiger partial charge is 0.227 e. The molecule has 19 heavy (non-hydrogen) atoms. The van der Waals surface area contributed by atoms with Gasteiger partial charge in [-0.2, -0.15) is 0 Å². The largest absolute Gasteiger partial charge is 0.339 e. The van der Waals surface area contributed by atoms with E-state index >= 15 is 0 Å². The van der Waals surface area contributed by atoms with Crippen molar-refractivity contribution in [3.8, 4) is 0 Å². The third-order valence-electron chi connectivity index (χ3n) is 3.93. The van der Waals surface area contributed by atoms with Crippen LogP contribution in [0.15, 0.2) is 24.3 Å². The first-order valence-corrected chi connectivity index (χ1v) is 7.21. The van der Waals surface area contributed by atoms with Gasteiger partial charge in [0.1, 0.15) is 0 Å². The highest BCUT2D eigenvalue weighted by Gasteiger charge is 2.27. The first kappa shape index (κ1) is 14.4. The van der Waals surface area contributed by atoms with Gasteiger partial charge in [-0.3, -0.25) is 4.79 Å². The normalized spacial score (nSPS) is 20.9. The highest BCUT2D eigenvalue weighted by atomic mass is 35.5. The second-order valence-electron chi connectivity index (χ2n) is 5.19. The van der Waals surface area contributed by atoms with E-state index in [1.54, 1.807) is 0 Å². The fraction of sp³-hybridized carbons (Fsp3) is 0.533. The Bertz CT molecular complexity index is 444. The molecule has 1 heterocycles. The van der Waals surface area contributed by atoms with Crippen molar-refractivity contribution in [2.24, 2.45) is 5.92 Å². The SMILES string of the molecule is C[C@@H](c1ccccc1Cl)N(C)C(=O)[C@H]1CCCNC1. The predicted octanol–water partition coefficient (Wildman–Crippen LogP) is 2.86. The molecule has 0 aromatic heterocycles. The number of hydrogen-bond donors (Lipinski definition) is 1. The van der Waals surface area contributed by atoms with E-state index in [9.17, 15) is 4.79 Å². The Hall–Kier alpha value is -1.06. The zero-order valence-corrected chi connectivity index (χ0v) is 12.3. The van der Waals surface area contributed by atoms with Crippen LogP contribution in [0.2, 0.25) is 5.02 Å². The van der Waals surface area contributed by atoms with Gasteiger partial charge in [0.05, 0.1) is 12.0 Å². The molecule has 0 saturated carbocycles. The van der Waals surface area contributed by atoms with E-state index in [1.807, 2.05) is 43.1 Å². The van der Waals surface area contributed by atoms with E-state index in [-0.39, 0.29) is 17.9 Å². The Morgan fingerprint density at radius 3 is 2.84 bits per heavy atom. The van der Waals surface area contributed by atoms with E-state index in [0.717, 1.165) is 36.5 Å². The van der Waals surface area contributed by atoms with Crippen LogP contribution in [0.4, 0.5) is 0 Å². The van der Waals surface area contributed by atoms with E-state index in [2.05, 4.69) is 5.32 Å². The molecule has 1 aromatic carbocycles. The molecule has 3 nitrogen and oxygen atoms in total. The molecule has 0 unspecified atom stereocenters. The molecule has 1 aliphatic heterocycles. The second-order valence-corrected chi connectivity index (χ2v) is 5.60. The van der Waals surface area contributed by atoms with Gasteiger partial charge < -0.3 is 10.2 Å². The highest BCUT2D eigenvalue weighted by molar-refractivity contribution is 6.31. The van der Waals surface area contributed by atoms with Gasteiger partial charge in [-0.1, -0.05) is 29.8 Å². The minimum atomic E-state index is 0.00289. The number of halogens is 1. The standard InChI is InChI=1S/C15H21ClN2O/c1-11(13-7-3-4-8-14(13)16)18(2)15(19)12-6-5-9-17-10-12/h3-4,7-8,11-12,17H,5-6,9-10H2,1-2H3/t11-,12-/m0/s1. The van der Waals surface area contributed by atoms with Crippen LogP contribution in [0.5, 0.6) is 0 Å². The molecule has 1 aromatic rings. The zero-order chi connectivity index (χ0) is 13.8. The average molecular weight is 281 g/mol. The maximum atomic E-state index is 12.5. The Labute approximate surface area is 119 Å². The summed E-state index contributed by atoms with van der Waals surface area (Å²) in [6.07, 6.45) is 2.05. The first-order chi connectivity index (χ1) is 9.11. The molecule has 1 amide bonds. The number of nitrogens with zero attached hydrogens (tertiary/aromatic N) is 1. The Balaban J connectivity index is 2.08. The minimum Gasteiger partial charge on any atom is -0.339 e. The molecular weight excluding hydrogens is 260 g/mol. The van der Waals surface area contributed by atoms with Crippen molar-refractivity contribution in [1.82, 2.24) is 10.2 Å². The maximum absolute atomic E-state index is 12.5. The zero-order valence-electron chi connectivity index (χ0n) is 11.5. The summed E-state index contributed by atoms with van der Waals surface area (Å²) in [5, 5.41) is 4.01. The maximum Gasteiger partial charge on any atom is 0.227 e. The number of hydrogen-bond acceptors (Lipinski definition) is 2. The molecule has 4 heteroatoms. The van der Waals surface area contributed by atoms with Gasteiger partial charge in [0, 0.05) is 18.6 Å². The van der Waals surface area contributed by atoms with Crippen molar-refractivity contribution in [2.75, 3.05) is 20.1 Å². The quantitative estimate of drug-likeness (QED) is 0.923. The summed E-state index contributed by atoms with van der Waals surface area (Å²) in [6.45, 7) is 3.83. The van der Waals surface area contributed by atoms with Crippen LogP contribution in [-0.4, -0.2) is 30.9 Å². The summed E-state index contributed by atoms with van der Waals surface area (Å²) in [5.41, 5.74) is 1.00. The monoisotopic (exact) mass is 280 g/mol. The highest BCUT2D eigenvalue weighted by Crippen LogP contribution is 2.27. The Morgan fingerprint density at radius 1 is 1.47 bits per heavy atom. The van der Waals surface area contributed by atoms with Crippen molar-refractivity contribution in [3.05, 3.63) is 34.9 Å². The third kappa shape index (κ3) is 3.28. The number of amides is 1. The van der Waals surface area contributed by atoms with E-state index in [0.29, 0.717) is 0 Å². The van der Waals surface area contributed by atoms with Crippen LogP contribution in [0.25, 0.3) is 0 Å². The van der Waals surface area contributed by atoms with Crippen LogP contribution in [-0.2, 0) is 4.79 Å². The number of piperidine rings is 1. The lowest BCUT2D eigenvalue weighted by atomic mass is 9.97. The lowest BCUT2D eigenvalue weighted by Crippen LogP contribution is -2.42. The molecule has 2 atom stereocenters. The van der Waals surface area contributed by atoms with Gasteiger partial charge >= 0.3 is 0 Å². The Kier molecular flexibility index (Phi) is 4.83. The first-order valence-electron chi connectivity index (χ1n) is 6.83. The molecular formula is C15H21ClN2O. The van der Waals surface area contributed by atoms with Crippen molar-refractivity contribution in [3.63, 3.8) is 0 Å². The molecule has 1 fully saturated rings. The fourth-order valence-electron chi connectivity index (χ4n) is 2.56. The van der Waals surface area contributed by atoms with Crippen LogP contribution in [0.3, 0.4) is 0 Å². The van der Waals surface area contributed by atoms with Gasteiger partial charge in [0.15, 0.2) is 0 Å². The summed E-state index contributed by atoms with van der Waals surface area (Å²) in [5.74, 6) is 0.309. The molecule has 2 rings (SSSR count). The van der Waals surface area contributed by atoms with Gasteiger partial charge in [-0.25, -0.2) is 0 Å². The van der Waals surface area contributed by atoms with Gasteiger partial charge in [0.2, 0.25) is 5.91 Å². The van der Waals surface area contributed by atoms with Gasteiger partial charge in [-0.15, -0.1) is 0 Å². The molecule has 1 aliphatic rings. The number of rotatable bonds is 3. The van der Waals surface area contributed by atoms with E-state index in [1.165, 1.54) is 0 Å². The van der Waals surface area contributed by atoms with Crippen molar-refractivity contribution in [1.29, 1.82) is 0 Å². The van der Waals surface area contributed by atoms with E-state index in [4.69, 9.17) is 11.6 Å². The van der Waals surface area contributed by atoms with E-state index < -0.39 is 0 Å². The van der Waals surface area contributed by atoms with Crippen molar-refractivity contribution in [2.45, 2.75) is 25.8 Å². The number of carbonyl (C=O) groups excluding carboxylic acids is 1. The molecule has 1 saturated heterocycles. The van der Waals surface area contributed by atoms with Crippen LogP contribution in [0, 0.1) is 5.92 Å². The summed E-state index contributed by atoms with van der Waals surface area (Å²) in [4.78, 5) is 14.3. The molecule has 1 N–H and O–H groups in total. The summed E-state index contributed by atoms with van der Waals surface area (Å²) in [7, 11) is 1.87. The van der Waals surface area contributed by atoms with Gasteiger partial charge in [-0.05, 0) is 37.9 Å². The molecule has 0 bridgehead atoms. The summed E-state index contributed by atoms with van der Waals surface area (Å²) < 4.78 is 0. The topological polar surface area (TPSA) is 32.3 Å². The van der Waals surface area contributed by atoms with Crippen LogP contribution < -0.4 is 5.32 Å². The van der Waals surface area contributed by atoms with Crippen molar-refractivity contribution >= 4 is 17.5 Å². The predicted molar refractivity (Wildman–Crippen MR) is 78.2 cm³/mol. The Morgan fingerprint density at radius 2 is 2.21 bits per heavy atom. The minimum absolute atomic E-state index is 0.00289. The fourth-order valence-corrected chi connectivity index (χ4v) is 2.86. The molecule has 104 valence electrons. The van der Waals surface area contributed by atoms with Crippen molar-refractivity contribution < 1.29 is 4.79 Å². The van der Waals surface area contributed by atoms with Gasteiger partial charge in [0.25, 0.3) is 0 Å². The lowest BCUT2D eigenvalue weighted by Gasteiger charge is -2.31. The van der Waals surface area contributed by atoms with Crippen LogP contribution >= 0.6 is 11.6 Å². The number of carbonyl (C=O) groups is 1. The third-order valence-corrected chi connectivity index (χ3v) is 4.27. The lowest BCUT2D eigenvalue weighted by molar-refractivity contribution is -0.136. The molecule has 0 spiro atoms.